The summed E-state index contributed by atoms with van der Waals surface area (Å²) < 4.78 is 15.5. The van der Waals surface area contributed by atoms with Crippen LogP contribution < -0.4 is 10.5 Å². The summed E-state index contributed by atoms with van der Waals surface area (Å²) in [7, 11) is 0. The SMILES string of the molecule is CCOC(=O)c1cc(N)ccc1OC(CC)C(=O)OCC. The van der Waals surface area contributed by atoms with Crippen molar-refractivity contribution in [3.63, 3.8) is 0 Å². The molecule has 0 amide bonds. The maximum atomic E-state index is 11.9. The van der Waals surface area contributed by atoms with Gasteiger partial charge in [-0.2, -0.15) is 0 Å². The van der Waals surface area contributed by atoms with E-state index in [1.165, 1.54) is 6.07 Å². The fourth-order valence-electron chi connectivity index (χ4n) is 1.71. The van der Waals surface area contributed by atoms with Crippen LogP contribution in [0.15, 0.2) is 18.2 Å². The molecular weight excluding hydrogens is 274 g/mol. The molecule has 1 aromatic rings. The van der Waals surface area contributed by atoms with Crippen LogP contribution >= 0.6 is 0 Å². The molecule has 1 rings (SSSR count). The lowest BCUT2D eigenvalue weighted by atomic mass is 10.1. The summed E-state index contributed by atoms with van der Waals surface area (Å²) in [6, 6.07) is 4.60. The van der Waals surface area contributed by atoms with Crippen LogP contribution in [0.2, 0.25) is 0 Å². The summed E-state index contributed by atoms with van der Waals surface area (Å²) in [5.41, 5.74) is 6.28. The predicted molar refractivity (Wildman–Crippen MR) is 78.2 cm³/mol. The maximum absolute atomic E-state index is 11.9. The molecule has 1 unspecified atom stereocenters. The van der Waals surface area contributed by atoms with E-state index in [9.17, 15) is 9.59 Å². The lowest BCUT2D eigenvalue weighted by Gasteiger charge is -2.18. The average Bonchev–Trinajstić information content (AvgIpc) is 2.46. The van der Waals surface area contributed by atoms with Crippen LogP contribution in [0.1, 0.15) is 37.6 Å². The second kappa shape index (κ2) is 8.14. The largest absolute Gasteiger partial charge is 0.478 e. The number of benzene rings is 1. The van der Waals surface area contributed by atoms with Gasteiger partial charge in [-0.1, -0.05) is 6.92 Å². The highest BCUT2D eigenvalue weighted by molar-refractivity contribution is 5.93. The zero-order valence-corrected chi connectivity index (χ0v) is 12.5. The fourth-order valence-corrected chi connectivity index (χ4v) is 1.71. The summed E-state index contributed by atoms with van der Waals surface area (Å²) >= 11 is 0. The van der Waals surface area contributed by atoms with E-state index in [1.807, 2.05) is 0 Å². The van der Waals surface area contributed by atoms with Gasteiger partial charge in [0.1, 0.15) is 11.3 Å². The van der Waals surface area contributed by atoms with Crippen LogP contribution in [0.25, 0.3) is 0 Å². The van der Waals surface area contributed by atoms with Gasteiger partial charge < -0.3 is 19.9 Å². The standard InChI is InChI=1S/C15H21NO5/c1-4-12(15(18)20-6-3)21-13-8-7-10(16)9-11(13)14(17)19-5-2/h7-9,12H,4-6,16H2,1-3H3. The quantitative estimate of drug-likeness (QED) is 0.612. The van der Waals surface area contributed by atoms with E-state index in [-0.39, 0.29) is 24.5 Å². The number of hydrogen-bond acceptors (Lipinski definition) is 6. The first-order chi connectivity index (χ1) is 10.0. The molecule has 0 fully saturated rings. The second-order valence-electron chi connectivity index (χ2n) is 4.24. The van der Waals surface area contributed by atoms with Crippen molar-refractivity contribution >= 4 is 17.6 Å². The average molecular weight is 295 g/mol. The molecule has 0 aliphatic rings. The third kappa shape index (κ3) is 4.66. The smallest absolute Gasteiger partial charge is 0.347 e. The highest BCUT2D eigenvalue weighted by atomic mass is 16.6. The van der Waals surface area contributed by atoms with Crippen molar-refractivity contribution in [2.24, 2.45) is 0 Å². The van der Waals surface area contributed by atoms with Gasteiger partial charge in [0, 0.05) is 5.69 Å². The van der Waals surface area contributed by atoms with E-state index in [0.29, 0.717) is 12.1 Å². The molecule has 0 saturated carbocycles. The van der Waals surface area contributed by atoms with E-state index in [1.54, 1.807) is 32.9 Å². The van der Waals surface area contributed by atoms with E-state index >= 15 is 0 Å². The minimum absolute atomic E-state index is 0.194. The molecule has 1 aromatic carbocycles. The molecule has 0 spiro atoms. The van der Waals surface area contributed by atoms with Gasteiger partial charge in [0.2, 0.25) is 0 Å². The number of nitrogen functional groups attached to an aromatic ring is 1. The zero-order valence-electron chi connectivity index (χ0n) is 12.5. The van der Waals surface area contributed by atoms with Crippen LogP contribution in [0.5, 0.6) is 5.75 Å². The summed E-state index contributed by atoms with van der Waals surface area (Å²) in [6.45, 7) is 5.73. The second-order valence-corrected chi connectivity index (χ2v) is 4.24. The van der Waals surface area contributed by atoms with Crippen LogP contribution in [0, 0.1) is 0 Å². The summed E-state index contributed by atoms with van der Waals surface area (Å²) in [5.74, 6) is -0.757. The third-order valence-corrected chi connectivity index (χ3v) is 2.69. The fraction of sp³-hybridized carbons (Fsp3) is 0.467. The van der Waals surface area contributed by atoms with Crippen molar-refractivity contribution < 1.29 is 23.8 Å². The summed E-state index contributed by atoms with van der Waals surface area (Å²) in [6.07, 6.45) is -0.354. The number of anilines is 1. The summed E-state index contributed by atoms with van der Waals surface area (Å²) in [4.78, 5) is 23.7. The van der Waals surface area contributed by atoms with Gasteiger partial charge in [-0.15, -0.1) is 0 Å². The van der Waals surface area contributed by atoms with Gasteiger partial charge in [-0.3, -0.25) is 0 Å². The van der Waals surface area contributed by atoms with E-state index in [4.69, 9.17) is 19.9 Å². The van der Waals surface area contributed by atoms with Crippen molar-refractivity contribution in [3.05, 3.63) is 23.8 Å². The highest BCUT2D eigenvalue weighted by Crippen LogP contribution is 2.24. The Morgan fingerprint density at radius 1 is 1.14 bits per heavy atom. The number of carbonyl (C=O) groups excluding carboxylic acids is 2. The van der Waals surface area contributed by atoms with Gasteiger partial charge in [0.05, 0.1) is 13.2 Å². The van der Waals surface area contributed by atoms with Gasteiger partial charge in [-0.25, -0.2) is 9.59 Å². The van der Waals surface area contributed by atoms with Crippen molar-refractivity contribution in [1.29, 1.82) is 0 Å². The van der Waals surface area contributed by atoms with Gasteiger partial charge >= 0.3 is 11.9 Å². The third-order valence-electron chi connectivity index (χ3n) is 2.69. The number of esters is 2. The normalized spacial score (nSPS) is 11.6. The van der Waals surface area contributed by atoms with E-state index < -0.39 is 18.0 Å². The monoisotopic (exact) mass is 295 g/mol. The van der Waals surface area contributed by atoms with Crippen molar-refractivity contribution in [1.82, 2.24) is 0 Å². The predicted octanol–water partition coefficient (Wildman–Crippen LogP) is 2.17. The number of rotatable bonds is 7. The van der Waals surface area contributed by atoms with Crippen LogP contribution in [0.4, 0.5) is 5.69 Å². The molecular formula is C15H21NO5. The molecule has 0 radical (unpaired) electrons. The van der Waals surface area contributed by atoms with Crippen LogP contribution in [-0.2, 0) is 14.3 Å². The topological polar surface area (TPSA) is 87.9 Å². The van der Waals surface area contributed by atoms with E-state index in [0.717, 1.165) is 0 Å². The number of ether oxygens (including phenoxy) is 3. The molecule has 0 bridgehead atoms. The molecule has 6 nitrogen and oxygen atoms in total. The van der Waals surface area contributed by atoms with Gasteiger partial charge in [0.15, 0.2) is 6.10 Å². The van der Waals surface area contributed by atoms with E-state index in [2.05, 4.69) is 0 Å². The molecule has 6 heteroatoms. The first-order valence-corrected chi connectivity index (χ1v) is 6.93. The van der Waals surface area contributed by atoms with Crippen molar-refractivity contribution in [2.45, 2.75) is 33.3 Å². The maximum Gasteiger partial charge on any atom is 0.347 e. The Balaban J connectivity index is 3.00. The van der Waals surface area contributed by atoms with Crippen molar-refractivity contribution in [3.8, 4) is 5.75 Å². The molecule has 21 heavy (non-hydrogen) atoms. The molecule has 116 valence electrons. The van der Waals surface area contributed by atoms with Gasteiger partial charge in [0.25, 0.3) is 0 Å². The number of carbonyl (C=O) groups is 2. The first kappa shape index (κ1) is 16.8. The Morgan fingerprint density at radius 3 is 2.38 bits per heavy atom. The molecule has 0 heterocycles. The Kier molecular flexibility index (Phi) is 6.52. The Labute approximate surface area is 124 Å². The molecule has 0 saturated heterocycles. The lowest BCUT2D eigenvalue weighted by Crippen LogP contribution is -2.29. The Morgan fingerprint density at radius 2 is 1.81 bits per heavy atom. The number of hydrogen-bond donors (Lipinski definition) is 1. The molecule has 0 aliphatic carbocycles. The summed E-state index contributed by atoms with van der Waals surface area (Å²) in [5, 5.41) is 0. The first-order valence-electron chi connectivity index (χ1n) is 6.93. The molecule has 2 N–H and O–H groups in total. The van der Waals surface area contributed by atoms with Crippen LogP contribution in [0.3, 0.4) is 0 Å². The molecule has 0 aliphatic heterocycles. The molecule has 1 atom stereocenters. The number of nitrogens with two attached hydrogens (primary N) is 1. The minimum atomic E-state index is -0.776. The van der Waals surface area contributed by atoms with Crippen molar-refractivity contribution in [2.75, 3.05) is 18.9 Å². The minimum Gasteiger partial charge on any atom is -0.478 e. The Hall–Kier alpha value is -2.24. The lowest BCUT2D eigenvalue weighted by molar-refractivity contribution is -0.151. The van der Waals surface area contributed by atoms with Gasteiger partial charge in [-0.05, 0) is 38.5 Å². The van der Waals surface area contributed by atoms with Crippen LogP contribution in [-0.4, -0.2) is 31.3 Å². The molecule has 0 aromatic heterocycles. The zero-order chi connectivity index (χ0) is 15.8. The highest BCUT2D eigenvalue weighted by Gasteiger charge is 2.23. The Bertz CT molecular complexity index is 501.